The Kier molecular flexibility index (Phi) is 5.73. The first kappa shape index (κ1) is 21.3. The third kappa shape index (κ3) is 4.79. The fourth-order valence-electron chi connectivity index (χ4n) is 3.23. The van der Waals surface area contributed by atoms with Gasteiger partial charge in [-0.15, -0.1) is 0 Å². The predicted octanol–water partition coefficient (Wildman–Crippen LogP) is 2.82. The summed E-state index contributed by atoms with van der Waals surface area (Å²) in [4.78, 5) is 25.7. The van der Waals surface area contributed by atoms with Gasteiger partial charge in [0.25, 0.3) is 0 Å². The Labute approximate surface area is 170 Å². The molecule has 9 heteroatoms. The van der Waals surface area contributed by atoms with Crippen molar-refractivity contribution in [2.24, 2.45) is 0 Å². The summed E-state index contributed by atoms with van der Waals surface area (Å²) in [5.41, 5.74) is 1.46. The van der Waals surface area contributed by atoms with Gasteiger partial charge in [-0.1, -0.05) is 0 Å². The van der Waals surface area contributed by atoms with Crippen molar-refractivity contribution in [1.29, 1.82) is 0 Å². The standard InChI is InChI=1S/C20H27N3O5S/c1-13-11-16(12-14-5-6-17(24)28-18(13)14)21-19(25)23-9-7-15(8-10-23)22-29(26,27)20(2,3)4/h5-6,11-12,15,22H,7-10H2,1-4H3,(H,21,25). The van der Waals surface area contributed by atoms with E-state index in [0.717, 1.165) is 10.9 Å². The van der Waals surface area contributed by atoms with Gasteiger partial charge in [0.05, 0.1) is 4.75 Å². The van der Waals surface area contributed by atoms with Crippen molar-refractivity contribution in [3.63, 3.8) is 0 Å². The van der Waals surface area contributed by atoms with Crippen molar-refractivity contribution >= 4 is 32.7 Å². The second kappa shape index (κ2) is 7.79. The smallest absolute Gasteiger partial charge is 0.336 e. The highest BCUT2D eigenvalue weighted by Crippen LogP contribution is 2.23. The molecular formula is C20H27N3O5S. The SMILES string of the molecule is Cc1cc(NC(=O)N2CCC(NS(=O)(=O)C(C)(C)C)CC2)cc2ccc(=O)oc12. The van der Waals surface area contributed by atoms with E-state index >= 15 is 0 Å². The first-order chi connectivity index (χ1) is 13.5. The van der Waals surface area contributed by atoms with Crippen LogP contribution < -0.4 is 15.7 Å². The highest BCUT2D eigenvalue weighted by molar-refractivity contribution is 7.90. The molecule has 29 heavy (non-hydrogen) atoms. The van der Waals surface area contributed by atoms with Crippen molar-refractivity contribution in [3.8, 4) is 0 Å². The van der Waals surface area contributed by atoms with Crippen LogP contribution in [0.1, 0.15) is 39.2 Å². The Hall–Kier alpha value is -2.39. The van der Waals surface area contributed by atoms with Crippen LogP contribution in [-0.2, 0) is 10.0 Å². The Morgan fingerprint density at radius 1 is 1.17 bits per heavy atom. The zero-order valence-electron chi connectivity index (χ0n) is 17.1. The number of likely N-dealkylation sites (tertiary alicyclic amines) is 1. The molecule has 158 valence electrons. The molecule has 1 aliphatic heterocycles. The van der Waals surface area contributed by atoms with Crippen LogP contribution in [0.3, 0.4) is 0 Å². The van der Waals surface area contributed by atoms with Crippen LogP contribution in [0.15, 0.2) is 33.5 Å². The summed E-state index contributed by atoms with van der Waals surface area (Å²) in [5, 5.41) is 3.61. The minimum atomic E-state index is -3.41. The lowest BCUT2D eigenvalue weighted by molar-refractivity contribution is 0.193. The average Bonchev–Trinajstić information content (AvgIpc) is 2.62. The molecule has 0 aliphatic carbocycles. The molecule has 3 rings (SSSR count). The lowest BCUT2D eigenvalue weighted by atomic mass is 10.1. The van der Waals surface area contributed by atoms with Crippen LogP contribution in [0.2, 0.25) is 0 Å². The number of hydrogen-bond acceptors (Lipinski definition) is 5. The molecule has 2 amide bonds. The van der Waals surface area contributed by atoms with Crippen LogP contribution in [0.25, 0.3) is 11.0 Å². The van der Waals surface area contributed by atoms with Crippen LogP contribution in [-0.4, -0.2) is 43.2 Å². The maximum absolute atomic E-state index is 12.6. The molecule has 1 fully saturated rings. The number of rotatable bonds is 3. The van der Waals surface area contributed by atoms with Crippen LogP contribution in [0.4, 0.5) is 10.5 Å². The Morgan fingerprint density at radius 3 is 2.45 bits per heavy atom. The summed E-state index contributed by atoms with van der Waals surface area (Å²) >= 11 is 0. The van der Waals surface area contributed by atoms with Crippen molar-refractivity contribution in [3.05, 3.63) is 40.2 Å². The van der Waals surface area contributed by atoms with Gasteiger partial charge in [0, 0.05) is 36.3 Å². The van der Waals surface area contributed by atoms with E-state index in [2.05, 4.69) is 10.0 Å². The Balaban J connectivity index is 1.62. The summed E-state index contributed by atoms with van der Waals surface area (Å²) < 4.78 is 31.7. The molecule has 0 saturated carbocycles. The highest BCUT2D eigenvalue weighted by Gasteiger charge is 2.33. The molecule has 0 spiro atoms. The van der Waals surface area contributed by atoms with Gasteiger partial charge in [-0.25, -0.2) is 22.7 Å². The molecular weight excluding hydrogens is 394 g/mol. The van der Waals surface area contributed by atoms with Gasteiger partial charge in [-0.3, -0.25) is 0 Å². The molecule has 0 radical (unpaired) electrons. The van der Waals surface area contributed by atoms with Crippen LogP contribution in [0, 0.1) is 6.92 Å². The summed E-state index contributed by atoms with van der Waals surface area (Å²) in [6.07, 6.45) is 1.12. The molecule has 1 aliphatic rings. The second-order valence-electron chi connectivity index (χ2n) is 8.39. The summed E-state index contributed by atoms with van der Waals surface area (Å²) in [7, 11) is -3.41. The topological polar surface area (TPSA) is 109 Å². The fourth-order valence-corrected chi connectivity index (χ4v) is 4.26. The number of hydrogen-bond donors (Lipinski definition) is 2. The number of nitrogens with zero attached hydrogens (tertiary/aromatic N) is 1. The number of nitrogens with one attached hydrogen (secondary N) is 2. The molecule has 2 aromatic rings. The zero-order chi connectivity index (χ0) is 21.4. The predicted molar refractivity (Wildman–Crippen MR) is 113 cm³/mol. The highest BCUT2D eigenvalue weighted by atomic mass is 32.2. The maximum Gasteiger partial charge on any atom is 0.336 e. The molecule has 1 saturated heterocycles. The molecule has 2 N–H and O–H groups in total. The normalized spacial score (nSPS) is 16.2. The monoisotopic (exact) mass is 421 g/mol. The quantitative estimate of drug-likeness (QED) is 0.741. The number of fused-ring (bicyclic) bond motifs is 1. The number of sulfonamides is 1. The number of piperidine rings is 1. The van der Waals surface area contributed by atoms with Gasteiger partial charge >= 0.3 is 11.7 Å². The molecule has 0 unspecified atom stereocenters. The molecule has 0 bridgehead atoms. The number of anilines is 1. The minimum absolute atomic E-state index is 0.172. The molecule has 2 heterocycles. The van der Waals surface area contributed by atoms with E-state index in [1.54, 1.807) is 43.9 Å². The number of aryl methyl sites for hydroxylation is 1. The summed E-state index contributed by atoms with van der Waals surface area (Å²) in [5.74, 6) is 0. The maximum atomic E-state index is 12.6. The van der Waals surface area contributed by atoms with Crippen molar-refractivity contribution in [1.82, 2.24) is 9.62 Å². The zero-order valence-corrected chi connectivity index (χ0v) is 17.9. The molecule has 1 aromatic carbocycles. The molecule has 0 atom stereocenters. The van der Waals surface area contributed by atoms with Crippen molar-refractivity contribution < 1.29 is 17.6 Å². The lowest BCUT2D eigenvalue weighted by Crippen LogP contribution is -2.50. The molecule has 1 aromatic heterocycles. The van der Waals surface area contributed by atoms with Gasteiger partial charge < -0.3 is 14.6 Å². The third-order valence-corrected chi connectivity index (χ3v) is 7.32. The van der Waals surface area contributed by atoms with Gasteiger partial charge in [-0.05, 0) is 64.3 Å². The number of carbonyl (C=O) groups excluding carboxylic acids is 1. The van der Waals surface area contributed by atoms with E-state index in [1.807, 2.05) is 6.92 Å². The summed E-state index contributed by atoms with van der Waals surface area (Å²) in [6, 6.07) is 6.11. The Bertz CT molecular complexity index is 1080. The van der Waals surface area contributed by atoms with E-state index in [4.69, 9.17) is 4.42 Å². The van der Waals surface area contributed by atoms with E-state index in [1.165, 1.54) is 6.07 Å². The van der Waals surface area contributed by atoms with Crippen molar-refractivity contribution in [2.45, 2.75) is 51.3 Å². The minimum Gasteiger partial charge on any atom is -0.422 e. The lowest BCUT2D eigenvalue weighted by Gasteiger charge is -2.33. The average molecular weight is 422 g/mol. The molecule has 8 nitrogen and oxygen atoms in total. The number of carbonyl (C=O) groups is 1. The number of urea groups is 1. The van der Waals surface area contributed by atoms with E-state index < -0.39 is 20.4 Å². The largest absolute Gasteiger partial charge is 0.422 e. The van der Waals surface area contributed by atoms with E-state index in [0.29, 0.717) is 37.2 Å². The fraction of sp³-hybridized carbons (Fsp3) is 0.500. The first-order valence-electron chi connectivity index (χ1n) is 9.58. The van der Waals surface area contributed by atoms with Crippen LogP contribution >= 0.6 is 0 Å². The number of amides is 2. The first-order valence-corrected chi connectivity index (χ1v) is 11.1. The Morgan fingerprint density at radius 2 is 1.83 bits per heavy atom. The summed E-state index contributed by atoms with van der Waals surface area (Å²) in [6.45, 7) is 7.72. The van der Waals surface area contributed by atoms with Crippen molar-refractivity contribution in [2.75, 3.05) is 18.4 Å². The second-order valence-corrected chi connectivity index (χ2v) is 10.9. The van der Waals surface area contributed by atoms with Gasteiger partial charge in [0.2, 0.25) is 10.0 Å². The third-order valence-electron chi connectivity index (χ3n) is 5.07. The van der Waals surface area contributed by atoms with E-state index in [-0.39, 0.29) is 12.1 Å². The van der Waals surface area contributed by atoms with Gasteiger partial charge in [-0.2, -0.15) is 0 Å². The van der Waals surface area contributed by atoms with E-state index in [9.17, 15) is 18.0 Å². The van der Waals surface area contributed by atoms with Gasteiger partial charge in [0.15, 0.2) is 0 Å². The van der Waals surface area contributed by atoms with Gasteiger partial charge in [0.1, 0.15) is 5.58 Å². The van der Waals surface area contributed by atoms with Crippen LogP contribution in [0.5, 0.6) is 0 Å². The number of benzene rings is 1.